The number of aliphatic imine (C=N–C) groups is 1. The minimum absolute atomic E-state index is 0.0445. The number of allylic oxidation sites excluding steroid dienone is 3. The van der Waals surface area contributed by atoms with Gasteiger partial charge in [-0.1, -0.05) is 12.2 Å². The van der Waals surface area contributed by atoms with Crippen molar-refractivity contribution in [3.63, 3.8) is 0 Å². The van der Waals surface area contributed by atoms with Crippen LogP contribution in [0.4, 0.5) is 17.5 Å². The second-order valence-corrected chi connectivity index (χ2v) is 9.86. The van der Waals surface area contributed by atoms with E-state index >= 15 is 0 Å². The zero-order valence-electron chi connectivity index (χ0n) is 20.3. The van der Waals surface area contributed by atoms with Crippen molar-refractivity contribution >= 4 is 29.7 Å². The van der Waals surface area contributed by atoms with E-state index in [-0.39, 0.29) is 11.5 Å². The number of imidazole rings is 1. The molecule has 2 N–H and O–H groups in total. The maximum atomic E-state index is 6.74. The van der Waals surface area contributed by atoms with Crippen molar-refractivity contribution in [2.45, 2.75) is 45.1 Å². The van der Waals surface area contributed by atoms with E-state index < -0.39 is 0 Å². The molecule has 3 aliphatic rings. The molecule has 1 spiro atoms. The first kappa shape index (κ1) is 22.0. The highest BCUT2D eigenvalue weighted by molar-refractivity contribution is 5.73. The first-order valence-electron chi connectivity index (χ1n) is 12.5. The molecule has 0 unspecified atom stereocenters. The molecule has 8 nitrogen and oxygen atoms in total. The van der Waals surface area contributed by atoms with Gasteiger partial charge in [0, 0.05) is 38.2 Å². The molecule has 3 aromatic rings. The molecule has 2 aliphatic heterocycles. The summed E-state index contributed by atoms with van der Waals surface area (Å²) in [5, 5.41) is 0. The van der Waals surface area contributed by atoms with Crippen LogP contribution in [0.1, 0.15) is 38.3 Å². The minimum atomic E-state index is -0.0635. The van der Waals surface area contributed by atoms with E-state index in [0.717, 1.165) is 86.1 Å². The van der Waals surface area contributed by atoms with E-state index in [1.807, 2.05) is 37.8 Å². The van der Waals surface area contributed by atoms with Gasteiger partial charge in [0.05, 0.1) is 29.3 Å². The molecule has 35 heavy (non-hydrogen) atoms. The Balaban J connectivity index is 1.27. The Morgan fingerprint density at radius 2 is 2.03 bits per heavy atom. The third-order valence-corrected chi connectivity index (χ3v) is 8.04. The molecule has 5 heterocycles. The van der Waals surface area contributed by atoms with Crippen molar-refractivity contribution in [1.29, 1.82) is 0 Å². The highest BCUT2D eigenvalue weighted by Gasteiger charge is 2.47. The predicted molar refractivity (Wildman–Crippen MR) is 140 cm³/mol. The van der Waals surface area contributed by atoms with Gasteiger partial charge in [-0.05, 0) is 68.9 Å². The van der Waals surface area contributed by atoms with Gasteiger partial charge in [-0.25, -0.2) is 9.97 Å². The Morgan fingerprint density at radius 3 is 2.83 bits per heavy atom. The first-order chi connectivity index (χ1) is 17.1. The molecule has 1 saturated heterocycles. The van der Waals surface area contributed by atoms with Crippen LogP contribution in [-0.4, -0.2) is 51.7 Å². The molecule has 180 valence electrons. The van der Waals surface area contributed by atoms with E-state index in [4.69, 9.17) is 15.7 Å². The fourth-order valence-corrected chi connectivity index (χ4v) is 6.21. The minimum Gasteiger partial charge on any atom is -0.355 e. The normalized spacial score (nSPS) is 21.9. The van der Waals surface area contributed by atoms with Crippen molar-refractivity contribution in [3.8, 4) is 0 Å². The lowest BCUT2D eigenvalue weighted by Gasteiger charge is -2.43. The van der Waals surface area contributed by atoms with E-state index in [9.17, 15) is 0 Å². The smallest absolute Gasteiger partial charge is 0.214 e. The van der Waals surface area contributed by atoms with Gasteiger partial charge in [0.2, 0.25) is 5.95 Å². The Labute approximate surface area is 205 Å². The van der Waals surface area contributed by atoms with E-state index in [2.05, 4.69) is 49.1 Å². The summed E-state index contributed by atoms with van der Waals surface area (Å²) >= 11 is 0. The molecule has 0 aromatic carbocycles. The predicted octanol–water partition coefficient (Wildman–Crippen LogP) is 4.06. The largest absolute Gasteiger partial charge is 0.355 e. The summed E-state index contributed by atoms with van der Waals surface area (Å²) in [6, 6.07) is 4.08. The third-order valence-electron chi connectivity index (χ3n) is 8.04. The Kier molecular flexibility index (Phi) is 5.40. The molecule has 1 fully saturated rings. The molecule has 8 heteroatoms. The molecule has 3 aromatic heterocycles. The number of pyridine rings is 1. The standard InChI is InChI=1S/C27H32N8/c1-3-6-19-17-27(24(28)23(19)29-2)9-14-33(15-10-27)25-22-18-32-26(35(22)16-12-31-25)34-13-5-7-20-21(34)8-4-11-30-20/h3-4,6,8,11-12,16,18,24H,2,5,7,9-10,13-15,17,28H2,1H3/b6-3-/t24-/m1/s1. The van der Waals surface area contributed by atoms with Crippen molar-refractivity contribution < 1.29 is 0 Å². The van der Waals surface area contributed by atoms with Crippen molar-refractivity contribution in [2.75, 3.05) is 29.4 Å². The lowest BCUT2D eigenvalue weighted by Crippen LogP contribution is -2.48. The zero-order valence-corrected chi connectivity index (χ0v) is 20.3. The summed E-state index contributed by atoms with van der Waals surface area (Å²) in [5.74, 6) is 1.91. The van der Waals surface area contributed by atoms with E-state index in [1.54, 1.807) is 0 Å². The van der Waals surface area contributed by atoms with Crippen molar-refractivity contribution in [2.24, 2.45) is 16.1 Å². The molecule has 0 amide bonds. The lowest BCUT2D eigenvalue weighted by molar-refractivity contribution is 0.203. The molecular weight excluding hydrogens is 436 g/mol. The second-order valence-electron chi connectivity index (χ2n) is 9.86. The fourth-order valence-electron chi connectivity index (χ4n) is 6.21. The summed E-state index contributed by atoms with van der Waals surface area (Å²) in [6.07, 6.45) is 17.0. The van der Waals surface area contributed by atoms with Crippen molar-refractivity contribution in [3.05, 3.63) is 66.0 Å². The SMILES string of the molecule is C=NC1=C(/C=C\C)CC2(CCN(c3nccn4c(N5CCCc6ncccc65)ncc34)CC2)[C@@H]1N. The van der Waals surface area contributed by atoms with Crippen LogP contribution in [0.15, 0.2) is 65.3 Å². The molecule has 0 bridgehead atoms. The van der Waals surface area contributed by atoms with Crippen molar-refractivity contribution in [1.82, 2.24) is 19.4 Å². The van der Waals surface area contributed by atoms with Gasteiger partial charge in [-0.3, -0.25) is 14.4 Å². The molecule has 1 aliphatic carbocycles. The zero-order chi connectivity index (χ0) is 24.0. The summed E-state index contributed by atoms with van der Waals surface area (Å²) < 4.78 is 2.17. The maximum Gasteiger partial charge on any atom is 0.214 e. The number of fused-ring (bicyclic) bond motifs is 2. The highest BCUT2D eigenvalue weighted by atomic mass is 15.3. The van der Waals surface area contributed by atoms with Gasteiger partial charge in [-0.15, -0.1) is 0 Å². The van der Waals surface area contributed by atoms with Gasteiger partial charge >= 0.3 is 0 Å². The monoisotopic (exact) mass is 468 g/mol. The van der Waals surface area contributed by atoms with Crippen LogP contribution in [0.5, 0.6) is 0 Å². The topological polar surface area (TPSA) is 87.9 Å². The summed E-state index contributed by atoms with van der Waals surface area (Å²) in [7, 11) is 0. The number of aryl methyl sites for hydroxylation is 1. The molecule has 1 atom stereocenters. The Morgan fingerprint density at radius 1 is 1.17 bits per heavy atom. The lowest BCUT2D eigenvalue weighted by atomic mass is 9.72. The number of anilines is 3. The van der Waals surface area contributed by atoms with Gasteiger partial charge in [0.25, 0.3) is 0 Å². The Hall–Kier alpha value is -3.52. The summed E-state index contributed by atoms with van der Waals surface area (Å²) in [5.41, 5.74) is 12.3. The van der Waals surface area contributed by atoms with Crippen LogP contribution in [0.3, 0.4) is 0 Å². The van der Waals surface area contributed by atoms with Gasteiger partial charge in [-0.2, -0.15) is 0 Å². The number of piperidine rings is 1. The number of aromatic nitrogens is 4. The first-order valence-corrected chi connectivity index (χ1v) is 12.5. The molecule has 0 saturated carbocycles. The van der Waals surface area contributed by atoms with Crippen LogP contribution in [-0.2, 0) is 6.42 Å². The van der Waals surface area contributed by atoms with Gasteiger partial charge in [0.15, 0.2) is 5.82 Å². The average Bonchev–Trinajstić information content (AvgIpc) is 3.43. The quantitative estimate of drug-likeness (QED) is 0.581. The van der Waals surface area contributed by atoms with Gasteiger partial charge in [0.1, 0.15) is 5.52 Å². The highest BCUT2D eigenvalue weighted by Crippen LogP contribution is 2.49. The van der Waals surface area contributed by atoms with E-state index in [0.29, 0.717) is 0 Å². The second kappa shape index (κ2) is 8.61. The maximum absolute atomic E-state index is 6.74. The number of nitrogens with zero attached hydrogens (tertiary/aromatic N) is 7. The van der Waals surface area contributed by atoms with Crippen LogP contribution in [0, 0.1) is 5.41 Å². The van der Waals surface area contributed by atoms with Crippen LogP contribution >= 0.6 is 0 Å². The number of hydrogen-bond donors (Lipinski definition) is 1. The molecular formula is C27H32N8. The number of rotatable bonds is 4. The number of nitrogens with two attached hydrogens (primary N) is 1. The van der Waals surface area contributed by atoms with Crippen LogP contribution in [0.25, 0.3) is 5.52 Å². The van der Waals surface area contributed by atoms with E-state index in [1.165, 1.54) is 5.57 Å². The molecule has 0 radical (unpaired) electrons. The fraction of sp³-hybridized carbons (Fsp3) is 0.407. The Bertz CT molecular complexity index is 1330. The third kappa shape index (κ3) is 3.46. The van der Waals surface area contributed by atoms with Gasteiger partial charge < -0.3 is 15.5 Å². The summed E-state index contributed by atoms with van der Waals surface area (Å²) in [4.78, 5) is 23.2. The molecule has 6 rings (SSSR count). The average molecular weight is 469 g/mol. The summed E-state index contributed by atoms with van der Waals surface area (Å²) in [6.45, 7) is 8.58. The van der Waals surface area contributed by atoms with Crippen LogP contribution < -0.4 is 15.5 Å². The van der Waals surface area contributed by atoms with Crippen LogP contribution in [0.2, 0.25) is 0 Å². The number of hydrogen-bond acceptors (Lipinski definition) is 7.